The van der Waals surface area contributed by atoms with Crippen LogP contribution in [0.4, 0.5) is 5.69 Å². The zero-order valence-electron chi connectivity index (χ0n) is 16.9. The number of carbonyl (C=O) groups excluding carboxylic acids is 2. The number of fused-ring (bicyclic) bond motifs is 2. The summed E-state index contributed by atoms with van der Waals surface area (Å²) in [7, 11) is 0. The van der Waals surface area contributed by atoms with Crippen LogP contribution in [0.3, 0.4) is 0 Å². The molecule has 0 unspecified atom stereocenters. The number of amides is 1. The number of nitrogens with one attached hydrogen (secondary N) is 1. The Morgan fingerprint density at radius 2 is 1.81 bits per heavy atom. The zero-order chi connectivity index (χ0) is 21.9. The Balaban J connectivity index is 1.31. The monoisotopic (exact) mass is 430 g/mol. The van der Waals surface area contributed by atoms with Crippen LogP contribution in [0.25, 0.3) is 22.4 Å². The lowest BCUT2D eigenvalue weighted by Crippen LogP contribution is -2.21. The molecule has 1 aliphatic heterocycles. The third-order valence-corrected chi connectivity index (χ3v) is 4.87. The number of furan rings is 1. The first kappa shape index (κ1) is 19.6. The van der Waals surface area contributed by atoms with Crippen LogP contribution in [-0.4, -0.2) is 36.7 Å². The van der Waals surface area contributed by atoms with E-state index in [1.807, 2.05) is 12.1 Å². The van der Waals surface area contributed by atoms with Crippen molar-refractivity contribution in [2.75, 3.05) is 25.1 Å². The highest BCUT2D eigenvalue weighted by Crippen LogP contribution is 2.32. The van der Waals surface area contributed by atoms with E-state index < -0.39 is 18.5 Å². The topological polar surface area (TPSA) is 99.9 Å². The lowest BCUT2D eigenvalue weighted by Gasteiger charge is -2.19. The Hall–Kier alpha value is -4.33. The van der Waals surface area contributed by atoms with Gasteiger partial charge in [-0.05, 0) is 36.4 Å². The molecule has 1 N–H and O–H groups in total. The van der Waals surface area contributed by atoms with Crippen molar-refractivity contribution in [1.29, 1.82) is 0 Å². The standard InChI is InChI=1S/C24H18N2O6/c27-23(25-15-7-8-21-22(12-15)31-11-10-30-21)14-32-24(28)17-13-19(20-6-3-9-29-20)26-18-5-2-1-4-16(17)18/h1-9,12-13H,10-11,14H2,(H,25,27). The van der Waals surface area contributed by atoms with Gasteiger partial charge in [0.15, 0.2) is 23.9 Å². The molecule has 3 heterocycles. The van der Waals surface area contributed by atoms with Crippen molar-refractivity contribution in [2.24, 2.45) is 0 Å². The van der Waals surface area contributed by atoms with Gasteiger partial charge in [-0.2, -0.15) is 0 Å². The largest absolute Gasteiger partial charge is 0.486 e. The molecule has 2 aromatic heterocycles. The van der Waals surface area contributed by atoms with Crippen molar-refractivity contribution < 1.29 is 28.2 Å². The van der Waals surface area contributed by atoms with Crippen LogP contribution in [0.2, 0.25) is 0 Å². The van der Waals surface area contributed by atoms with E-state index >= 15 is 0 Å². The van der Waals surface area contributed by atoms with Gasteiger partial charge in [0.2, 0.25) is 0 Å². The van der Waals surface area contributed by atoms with E-state index in [1.54, 1.807) is 48.5 Å². The van der Waals surface area contributed by atoms with E-state index in [1.165, 1.54) is 6.26 Å². The second-order valence-electron chi connectivity index (χ2n) is 7.03. The number of benzene rings is 2. The molecule has 1 aliphatic rings. The normalized spacial score (nSPS) is 12.4. The smallest absolute Gasteiger partial charge is 0.339 e. The molecule has 0 saturated heterocycles. The van der Waals surface area contributed by atoms with Crippen LogP contribution in [0.5, 0.6) is 11.5 Å². The quantitative estimate of drug-likeness (QED) is 0.477. The number of pyridine rings is 1. The fourth-order valence-electron chi connectivity index (χ4n) is 3.42. The summed E-state index contributed by atoms with van der Waals surface area (Å²) < 4.78 is 21.7. The molecule has 0 saturated carbocycles. The lowest BCUT2D eigenvalue weighted by molar-refractivity contribution is -0.119. The van der Waals surface area contributed by atoms with E-state index in [2.05, 4.69) is 10.3 Å². The predicted molar refractivity (Wildman–Crippen MR) is 116 cm³/mol. The van der Waals surface area contributed by atoms with E-state index in [-0.39, 0.29) is 0 Å². The molecule has 0 atom stereocenters. The molecule has 160 valence electrons. The first-order chi connectivity index (χ1) is 15.7. The zero-order valence-corrected chi connectivity index (χ0v) is 16.9. The Morgan fingerprint density at radius 1 is 0.969 bits per heavy atom. The minimum absolute atomic E-state index is 0.300. The number of anilines is 1. The maximum Gasteiger partial charge on any atom is 0.339 e. The average molecular weight is 430 g/mol. The summed E-state index contributed by atoms with van der Waals surface area (Å²) in [5.74, 6) is 0.604. The SMILES string of the molecule is O=C(COC(=O)c1cc(-c2ccco2)nc2ccccc12)Nc1ccc2c(c1)OCCO2. The van der Waals surface area contributed by atoms with E-state index in [0.29, 0.717) is 58.3 Å². The summed E-state index contributed by atoms with van der Waals surface area (Å²) in [6, 6.07) is 17.4. The Kier molecular flexibility index (Phi) is 5.17. The van der Waals surface area contributed by atoms with Crippen LogP contribution in [-0.2, 0) is 9.53 Å². The Bertz CT molecular complexity index is 1300. The third kappa shape index (κ3) is 3.98. The highest BCUT2D eigenvalue weighted by atomic mass is 16.6. The summed E-state index contributed by atoms with van der Waals surface area (Å²) in [6.07, 6.45) is 1.53. The van der Waals surface area contributed by atoms with Crippen LogP contribution in [0.15, 0.2) is 71.3 Å². The van der Waals surface area contributed by atoms with Gasteiger partial charge in [0.25, 0.3) is 5.91 Å². The van der Waals surface area contributed by atoms with Crippen LogP contribution in [0.1, 0.15) is 10.4 Å². The molecule has 8 heteroatoms. The fourth-order valence-corrected chi connectivity index (χ4v) is 3.42. The molecule has 0 radical (unpaired) electrons. The molecular weight excluding hydrogens is 412 g/mol. The van der Waals surface area contributed by atoms with Gasteiger partial charge in [-0.1, -0.05) is 18.2 Å². The summed E-state index contributed by atoms with van der Waals surface area (Å²) in [6.45, 7) is 0.488. The van der Waals surface area contributed by atoms with E-state index in [0.717, 1.165) is 0 Å². The summed E-state index contributed by atoms with van der Waals surface area (Å²) in [5.41, 5.74) is 1.94. The predicted octanol–water partition coefficient (Wildman–Crippen LogP) is 4.06. The maximum absolute atomic E-state index is 12.8. The van der Waals surface area contributed by atoms with Crippen LogP contribution in [0, 0.1) is 0 Å². The molecule has 0 spiro atoms. The molecule has 0 aliphatic carbocycles. The minimum Gasteiger partial charge on any atom is -0.486 e. The van der Waals surface area contributed by atoms with Gasteiger partial charge >= 0.3 is 5.97 Å². The molecule has 4 aromatic rings. The van der Waals surface area contributed by atoms with Gasteiger partial charge in [-0.15, -0.1) is 0 Å². The lowest BCUT2D eigenvalue weighted by atomic mass is 10.1. The van der Waals surface area contributed by atoms with Gasteiger partial charge in [-0.25, -0.2) is 9.78 Å². The first-order valence-electron chi connectivity index (χ1n) is 9.98. The molecule has 0 fully saturated rings. The number of esters is 1. The number of hydrogen-bond donors (Lipinski definition) is 1. The number of para-hydroxylation sites is 1. The van der Waals surface area contributed by atoms with Crippen molar-refractivity contribution in [3.05, 3.63) is 72.5 Å². The maximum atomic E-state index is 12.8. The third-order valence-electron chi connectivity index (χ3n) is 4.87. The molecule has 0 bridgehead atoms. The molecule has 8 nitrogen and oxygen atoms in total. The van der Waals surface area contributed by atoms with Gasteiger partial charge in [0.05, 0.1) is 17.3 Å². The second kappa shape index (κ2) is 8.43. The molecular formula is C24H18N2O6. The minimum atomic E-state index is -0.631. The van der Waals surface area contributed by atoms with Crippen molar-refractivity contribution in [2.45, 2.75) is 0 Å². The van der Waals surface area contributed by atoms with E-state index in [9.17, 15) is 9.59 Å². The van der Waals surface area contributed by atoms with Gasteiger partial charge in [0.1, 0.15) is 18.9 Å². The number of nitrogens with zero attached hydrogens (tertiary/aromatic N) is 1. The van der Waals surface area contributed by atoms with Crippen LogP contribution >= 0.6 is 0 Å². The summed E-state index contributed by atoms with van der Waals surface area (Å²) in [4.78, 5) is 29.7. The second-order valence-corrected chi connectivity index (χ2v) is 7.03. The molecule has 1 amide bonds. The van der Waals surface area contributed by atoms with Gasteiger partial charge in [-0.3, -0.25) is 4.79 Å². The molecule has 5 rings (SSSR count). The first-order valence-corrected chi connectivity index (χ1v) is 9.98. The molecule has 32 heavy (non-hydrogen) atoms. The van der Waals surface area contributed by atoms with Crippen LogP contribution < -0.4 is 14.8 Å². The number of ether oxygens (including phenoxy) is 3. The number of hydrogen-bond acceptors (Lipinski definition) is 7. The van der Waals surface area contributed by atoms with Crippen molar-refractivity contribution >= 4 is 28.5 Å². The number of carbonyl (C=O) groups is 2. The van der Waals surface area contributed by atoms with Gasteiger partial charge in [0, 0.05) is 17.1 Å². The highest BCUT2D eigenvalue weighted by Gasteiger charge is 2.18. The number of rotatable bonds is 5. The summed E-state index contributed by atoms with van der Waals surface area (Å²) in [5, 5.41) is 3.32. The Labute approximate surface area is 182 Å². The van der Waals surface area contributed by atoms with Crippen molar-refractivity contribution in [3.8, 4) is 23.0 Å². The van der Waals surface area contributed by atoms with Gasteiger partial charge < -0.3 is 23.9 Å². The van der Waals surface area contributed by atoms with Crippen molar-refractivity contribution in [1.82, 2.24) is 4.98 Å². The summed E-state index contributed by atoms with van der Waals surface area (Å²) >= 11 is 0. The fraction of sp³-hybridized carbons (Fsp3) is 0.125. The Morgan fingerprint density at radius 3 is 2.66 bits per heavy atom. The van der Waals surface area contributed by atoms with Crippen molar-refractivity contribution in [3.63, 3.8) is 0 Å². The highest BCUT2D eigenvalue weighted by molar-refractivity contribution is 6.05. The average Bonchev–Trinajstić information content (AvgIpc) is 3.37. The molecule has 2 aromatic carbocycles. The van der Waals surface area contributed by atoms with E-state index in [4.69, 9.17) is 18.6 Å². The number of aromatic nitrogens is 1.